The summed E-state index contributed by atoms with van der Waals surface area (Å²) in [6.07, 6.45) is 6.28. The maximum atomic E-state index is 6.00. The molecule has 5 heteroatoms. The van der Waals surface area contributed by atoms with Gasteiger partial charge in [-0.2, -0.15) is 5.10 Å². The molecule has 2 N–H and O–H groups in total. The first-order chi connectivity index (χ1) is 8.58. The SMILES string of the molecule is Cc1nccnc1-c1nn(CCC(C)C)cc1N. The fourth-order valence-corrected chi connectivity index (χ4v) is 1.77. The molecular formula is C13H19N5. The molecule has 0 aromatic carbocycles. The molecule has 0 spiro atoms. The third kappa shape index (κ3) is 2.67. The van der Waals surface area contributed by atoms with Gasteiger partial charge in [0.2, 0.25) is 0 Å². The van der Waals surface area contributed by atoms with Crippen LogP contribution < -0.4 is 5.73 Å². The number of rotatable bonds is 4. The third-order valence-corrected chi connectivity index (χ3v) is 2.83. The largest absolute Gasteiger partial charge is 0.396 e. The molecule has 2 heterocycles. The van der Waals surface area contributed by atoms with Crippen molar-refractivity contribution in [2.24, 2.45) is 5.92 Å². The Kier molecular flexibility index (Phi) is 3.60. The van der Waals surface area contributed by atoms with Gasteiger partial charge in [-0.15, -0.1) is 0 Å². The topological polar surface area (TPSA) is 69.6 Å². The Balaban J connectivity index is 2.27. The van der Waals surface area contributed by atoms with E-state index < -0.39 is 0 Å². The molecule has 0 radical (unpaired) electrons. The standard InChI is InChI=1S/C13H19N5/c1-9(2)4-7-18-8-11(14)13(17-18)12-10(3)15-5-6-16-12/h5-6,8-9H,4,7,14H2,1-3H3. The van der Waals surface area contributed by atoms with Crippen molar-refractivity contribution in [3.8, 4) is 11.4 Å². The molecule has 0 aliphatic heterocycles. The second-order valence-corrected chi connectivity index (χ2v) is 4.87. The van der Waals surface area contributed by atoms with E-state index in [1.807, 2.05) is 17.8 Å². The number of nitrogens with two attached hydrogens (primary N) is 1. The van der Waals surface area contributed by atoms with Gasteiger partial charge < -0.3 is 5.73 Å². The highest BCUT2D eigenvalue weighted by molar-refractivity contribution is 5.70. The predicted octanol–water partition coefficient (Wildman–Crippen LogP) is 2.28. The van der Waals surface area contributed by atoms with Gasteiger partial charge in [-0.25, -0.2) is 0 Å². The van der Waals surface area contributed by atoms with Crippen LogP contribution in [0.1, 0.15) is 26.0 Å². The normalized spacial score (nSPS) is 11.1. The van der Waals surface area contributed by atoms with Crippen molar-refractivity contribution in [3.63, 3.8) is 0 Å². The Hall–Kier alpha value is -1.91. The minimum Gasteiger partial charge on any atom is -0.396 e. The van der Waals surface area contributed by atoms with Crippen molar-refractivity contribution in [1.29, 1.82) is 0 Å². The van der Waals surface area contributed by atoms with Gasteiger partial charge in [0.15, 0.2) is 0 Å². The van der Waals surface area contributed by atoms with E-state index in [0.717, 1.165) is 30.0 Å². The first kappa shape index (κ1) is 12.5. The van der Waals surface area contributed by atoms with E-state index in [0.29, 0.717) is 11.6 Å². The first-order valence-corrected chi connectivity index (χ1v) is 6.19. The Labute approximate surface area is 107 Å². The molecule has 5 nitrogen and oxygen atoms in total. The summed E-state index contributed by atoms with van der Waals surface area (Å²) in [4.78, 5) is 8.51. The number of anilines is 1. The van der Waals surface area contributed by atoms with E-state index in [9.17, 15) is 0 Å². The second-order valence-electron chi connectivity index (χ2n) is 4.87. The van der Waals surface area contributed by atoms with Gasteiger partial charge >= 0.3 is 0 Å². The van der Waals surface area contributed by atoms with E-state index in [1.54, 1.807) is 12.4 Å². The van der Waals surface area contributed by atoms with Crippen molar-refractivity contribution in [3.05, 3.63) is 24.3 Å². The maximum absolute atomic E-state index is 6.00. The third-order valence-electron chi connectivity index (χ3n) is 2.83. The lowest BCUT2D eigenvalue weighted by Gasteiger charge is -2.04. The molecule has 0 saturated carbocycles. The average molecular weight is 245 g/mol. The van der Waals surface area contributed by atoms with Crippen LogP contribution >= 0.6 is 0 Å². The Morgan fingerprint density at radius 3 is 2.61 bits per heavy atom. The van der Waals surface area contributed by atoms with Gasteiger partial charge in [0.25, 0.3) is 0 Å². The number of aryl methyl sites for hydroxylation is 2. The lowest BCUT2D eigenvalue weighted by Crippen LogP contribution is -2.02. The molecule has 0 bridgehead atoms. The highest BCUT2D eigenvalue weighted by Crippen LogP contribution is 2.23. The quantitative estimate of drug-likeness (QED) is 0.897. The lowest BCUT2D eigenvalue weighted by atomic mass is 10.1. The van der Waals surface area contributed by atoms with E-state index in [4.69, 9.17) is 5.73 Å². The van der Waals surface area contributed by atoms with Gasteiger partial charge in [0.05, 0.1) is 11.4 Å². The monoisotopic (exact) mass is 245 g/mol. The van der Waals surface area contributed by atoms with Crippen LogP contribution in [0, 0.1) is 12.8 Å². The molecule has 2 rings (SSSR count). The molecule has 0 saturated heterocycles. The smallest absolute Gasteiger partial charge is 0.135 e. The summed E-state index contributed by atoms with van der Waals surface area (Å²) in [5.74, 6) is 0.650. The van der Waals surface area contributed by atoms with Gasteiger partial charge in [-0.05, 0) is 19.3 Å². The fraction of sp³-hybridized carbons (Fsp3) is 0.462. The molecule has 18 heavy (non-hydrogen) atoms. The fourth-order valence-electron chi connectivity index (χ4n) is 1.77. The summed E-state index contributed by atoms with van der Waals surface area (Å²) in [6.45, 7) is 7.18. The van der Waals surface area contributed by atoms with E-state index in [-0.39, 0.29) is 0 Å². The predicted molar refractivity (Wildman–Crippen MR) is 71.9 cm³/mol. The van der Waals surface area contributed by atoms with Crippen LogP contribution in [0.4, 0.5) is 5.69 Å². The van der Waals surface area contributed by atoms with Crippen molar-refractivity contribution in [2.75, 3.05) is 5.73 Å². The zero-order valence-corrected chi connectivity index (χ0v) is 11.1. The Morgan fingerprint density at radius 1 is 1.22 bits per heavy atom. The Morgan fingerprint density at radius 2 is 1.94 bits per heavy atom. The molecular weight excluding hydrogens is 226 g/mol. The number of nitrogen functional groups attached to an aromatic ring is 1. The van der Waals surface area contributed by atoms with Gasteiger partial charge in [0, 0.05) is 25.1 Å². The molecule has 0 aliphatic carbocycles. The van der Waals surface area contributed by atoms with Crippen LogP contribution in [-0.4, -0.2) is 19.7 Å². The summed E-state index contributed by atoms with van der Waals surface area (Å²) in [5.41, 5.74) is 8.99. The van der Waals surface area contributed by atoms with Crippen LogP contribution in [0.15, 0.2) is 18.6 Å². The zero-order chi connectivity index (χ0) is 13.1. The zero-order valence-electron chi connectivity index (χ0n) is 11.1. The summed E-state index contributed by atoms with van der Waals surface area (Å²) in [7, 11) is 0. The van der Waals surface area contributed by atoms with Gasteiger partial charge in [0.1, 0.15) is 11.4 Å². The number of hydrogen-bond donors (Lipinski definition) is 1. The molecule has 0 fully saturated rings. The van der Waals surface area contributed by atoms with E-state index in [1.165, 1.54) is 0 Å². The molecule has 2 aromatic rings. The summed E-state index contributed by atoms with van der Waals surface area (Å²) >= 11 is 0. The number of hydrogen-bond acceptors (Lipinski definition) is 4. The van der Waals surface area contributed by atoms with Crippen LogP contribution in [0.3, 0.4) is 0 Å². The number of nitrogens with zero attached hydrogens (tertiary/aromatic N) is 4. The molecule has 2 aromatic heterocycles. The average Bonchev–Trinajstić information content (AvgIpc) is 2.69. The number of aromatic nitrogens is 4. The minimum atomic E-state index is 0.650. The van der Waals surface area contributed by atoms with E-state index in [2.05, 4.69) is 28.9 Å². The molecule has 0 unspecified atom stereocenters. The van der Waals surface area contributed by atoms with Crippen molar-refractivity contribution < 1.29 is 0 Å². The Bertz CT molecular complexity index is 530. The highest BCUT2D eigenvalue weighted by Gasteiger charge is 2.12. The molecule has 0 aliphatic rings. The van der Waals surface area contributed by atoms with Crippen LogP contribution in [0.5, 0.6) is 0 Å². The van der Waals surface area contributed by atoms with Crippen LogP contribution in [0.25, 0.3) is 11.4 Å². The van der Waals surface area contributed by atoms with Gasteiger partial charge in [-0.1, -0.05) is 13.8 Å². The molecule has 96 valence electrons. The summed E-state index contributed by atoms with van der Waals surface area (Å²) in [6, 6.07) is 0. The minimum absolute atomic E-state index is 0.650. The molecule has 0 amide bonds. The maximum Gasteiger partial charge on any atom is 0.135 e. The van der Waals surface area contributed by atoms with Crippen molar-refractivity contribution in [2.45, 2.75) is 33.7 Å². The summed E-state index contributed by atoms with van der Waals surface area (Å²) < 4.78 is 1.89. The summed E-state index contributed by atoms with van der Waals surface area (Å²) in [5, 5.41) is 4.50. The lowest BCUT2D eigenvalue weighted by molar-refractivity contribution is 0.488. The van der Waals surface area contributed by atoms with Crippen LogP contribution in [-0.2, 0) is 6.54 Å². The molecule has 0 atom stereocenters. The van der Waals surface area contributed by atoms with Crippen molar-refractivity contribution >= 4 is 5.69 Å². The first-order valence-electron chi connectivity index (χ1n) is 6.19. The second kappa shape index (κ2) is 5.16. The van der Waals surface area contributed by atoms with E-state index >= 15 is 0 Å². The highest BCUT2D eigenvalue weighted by atomic mass is 15.3. The van der Waals surface area contributed by atoms with Crippen LogP contribution in [0.2, 0.25) is 0 Å². The van der Waals surface area contributed by atoms with Gasteiger partial charge in [-0.3, -0.25) is 14.6 Å². The van der Waals surface area contributed by atoms with Crippen molar-refractivity contribution in [1.82, 2.24) is 19.7 Å².